The second-order valence-corrected chi connectivity index (χ2v) is 6.27. The van der Waals surface area contributed by atoms with Gasteiger partial charge < -0.3 is 0 Å². The van der Waals surface area contributed by atoms with Crippen LogP contribution in [-0.2, 0) is 10.0 Å². The van der Waals surface area contributed by atoms with Crippen molar-refractivity contribution in [1.29, 1.82) is 5.26 Å². The molecule has 0 bridgehead atoms. The van der Waals surface area contributed by atoms with Gasteiger partial charge in [0, 0.05) is 4.47 Å². The van der Waals surface area contributed by atoms with Crippen molar-refractivity contribution < 1.29 is 8.42 Å². The van der Waals surface area contributed by atoms with E-state index in [4.69, 9.17) is 5.26 Å². The number of anilines is 1. The number of nitrogens with zero attached hydrogens (tertiary/aromatic N) is 1. The third-order valence-corrected chi connectivity index (χ3v) is 5.08. The summed E-state index contributed by atoms with van der Waals surface area (Å²) in [6.07, 6.45) is 0.259. The third-order valence-electron chi connectivity index (χ3n) is 2.33. The van der Waals surface area contributed by atoms with E-state index in [0.717, 1.165) is 5.56 Å². The van der Waals surface area contributed by atoms with E-state index in [0.29, 0.717) is 10.2 Å². The first-order chi connectivity index (χ1) is 7.92. The Balaban J connectivity index is 3.07. The second kappa shape index (κ2) is 5.52. The van der Waals surface area contributed by atoms with Gasteiger partial charge in [-0.2, -0.15) is 5.26 Å². The number of nitrogens with one attached hydrogen (secondary N) is 1. The molecule has 1 atom stereocenters. The molecule has 0 aliphatic carbocycles. The van der Waals surface area contributed by atoms with Gasteiger partial charge in [0.05, 0.1) is 11.8 Å². The van der Waals surface area contributed by atoms with Crippen molar-refractivity contribution in [2.45, 2.75) is 25.5 Å². The third kappa shape index (κ3) is 3.20. The Morgan fingerprint density at radius 3 is 2.71 bits per heavy atom. The lowest BCUT2D eigenvalue weighted by molar-refractivity contribution is 0.593. The van der Waals surface area contributed by atoms with Crippen molar-refractivity contribution in [3.63, 3.8) is 0 Å². The lowest BCUT2D eigenvalue weighted by Gasteiger charge is -2.13. The molecule has 0 saturated carbocycles. The topological polar surface area (TPSA) is 70.0 Å². The zero-order chi connectivity index (χ0) is 13.1. The molecule has 1 rings (SSSR count). The van der Waals surface area contributed by atoms with Crippen LogP contribution in [0, 0.1) is 18.3 Å². The Morgan fingerprint density at radius 1 is 1.53 bits per heavy atom. The summed E-state index contributed by atoms with van der Waals surface area (Å²) in [4.78, 5) is 0. The average molecular weight is 317 g/mol. The SMILES string of the molecule is CCC(C#N)S(=O)(=O)Nc1cccc(C)c1Br. The molecule has 6 heteroatoms. The predicted molar refractivity (Wildman–Crippen MR) is 71.1 cm³/mol. The van der Waals surface area contributed by atoms with Crippen LogP contribution in [0.3, 0.4) is 0 Å². The first-order valence-corrected chi connectivity index (χ1v) is 7.42. The summed E-state index contributed by atoms with van der Waals surface area (Å²) in [7, 11) is -3.66. The van der Waals surface area contributed by atoms with E-state index in [2.05, 4.69) is 20.7 Å². The number of aryl methyl sites for hydroxylation is 1. The smallest absolute Gasteiger partial charge is 0.249 e. The molecule has 0 aliphatic heterocycles. The number of sulfonamides is 1. The minimum atomic E-state index is -3.66. The Labute approximate surface area is 110 Å². The van der Waals surface area contributed by atoms with Crippen LogP contribution in [0.2, 0.25) is 0 Å². The Hall–Kier alpha value is -1.06. The van der Waals surface area contributed by atoms with E-state index in [9.17, 15) is 8.42 Å². The molecule has 1 N–H and O–H groups in total. The number of nitriles is 1. The highest BCUT2D eigenvalue weighted by atomic mass is 79.9. The Bertz CT molecular complexity index is 549. The van der Waals surface area contributed by atoms with E-state index >= 15 is 0 Å². The van der Waals surface area contributed by atoms with Gasteiger partial charge in [-0.05, 0) is 40.9 Å². The second-order valence-electron chi connectivity index (χ2n) is 3.61. The fourth-order valence-corrected chi connectivity index (χ4v) is 3.02. The largest absolute Gasteiger partial charge is 0.281 e. The summed E-state index contributed by atoms with van der Waals surface area (Å²) < 4.78 is 26.9. The number of hydrogen-bond donors (Lipinski definition) is 1. The highest BCUT2D eigenvalue weighted by Gasteiger charge is 2.24. The summed E-state index contributed by atoms with van der Waals surface area (Å²) in [6.45, 7) is 3.53. The van der Waals surface area contributed by atoms with Crippen LogP contribution in [0.25, 0.3) is 0 Å². The predicted octanol–water partition coefficient (Wildman–Crippen LogP) is 2.80. The monoisotopic (exact) mass is 316 g/mol. The van der Waals surface area contributed by atoms with Crippen LogP contribution in [0.4, 0.5) is 5.69 Å². The molecule has 0 amide bonds. The number of rotatable bonds is 4. The van der Waals surface area contributed by atoms with Crippen LogP contribution in [0.15, 0.2) is 22.7 Å². The highest BCUT2D eigenvalue weighted by molar-refractivity contribution is 9.10. The summed E-state index contributed by atoms with van der Waals surface area (Å²) in [5.41, 5.74) is 1.38. The molecule has 0 saturated heterocycles. The number of benzene rings is 1. The maximum absolute atomic E-state index is 11.9. The summed E-state index contributed by atoms with van der Waals surface area (Å²) in [6, 6.07) is 7.05. The maximum Gasteiger partial charge on any atom is 0.249 e. The zero-order valence-corrected chi connectivity index (χ0v) is 12.0. The van der Waals surface area contributed by atoms with Crippen molar-refractivity contribution in [2.24, 2.45) is 0 Å². The van der Waals surface area contributed by atoms with Gasteiger partial charge in [0.2, 0.25) is 10.0 Å². The van der Waals surface area contributed by atoms with Gasteiger partial charge in [-0.1, -0.05) is 19.1 Å². The molecule has 4 nitrogen and oxygen atoms in total. The van der Waals surface area contributed by atoms with E-state index in [1.54, 1.807) is 25.1 Å². The first-order valence-electron chi connectivity index (χ1n) is 5.08. The summed E-state index contributed by atoms with van der Waals surface area (Å²) in [5.74, 6) is 0. The Kier molecular flexibility index (Phi) is 4.54. The molecule has 0 radical (unpaired) electrons. The van der Waals surface area contributed by atoms with Crippen LogP contribution < -0.4 is 4.72 Å². The van der Waals surface area contributed by atoms with Gasteiger partial charge in [0.25, 0.3) is 0 Å². The highest BCUT2D eigenvalue weighted by Crippen LogP contribution is 2.27. The van der Waals surface area contributed by atoms with Crippen LogP contribution in [0.5, 0.6) is 0 Å². The molecule has 0 heterocycles. The number of halogens is 1. The molecule has 1 aromatic carbocycles. The van der Waals surface area contributed by atoms with Crippen molar-refractivity contribution in [3.05, 3.63) is 28.2 Å². The molecule has 92 valence electrons. The molecular formula is C11H13BrN2O2S. The molecule has 0 fully saturated rings. The summed E-state index contributed by atoms with van der Waals surface area (Å²) >= 11 is 3.32. The maximum atomic E-state index is 11.9. The van der Waals surface area contributed by atoms with Crippen molar-refractivity contribution in [2.75, 3.05) is 4.72 Å². The van der Waals surface area contributed by atoms with Crippen LogP contribution in [-0.4, -0.2) is 13.7 Å². The minimum absolute atomic E-state index is 0.259. The van der Waals surface area contributed by atoms with E-state index in [-0.39, 0.29) is 6.42 Å². The first kappa shape index (κ1) is 14.0. The molecule has 1 unspecified atom stereocenters. The van der Waals surface area contributed by atoms with Gasteiger partial charge in [-0.15, -0.1) is 0 Å². The lowest BCUT2D eigenvalue weighted by atomic mass is 10.2. The fraction of sp³-hybridized carbons (Fsp3) is 0.364. The zero-order valence-electron chi connectivity index (χ0n) is 9.57. The van der Waals surface area contributed by atoms with Gasteiger partial charge in [-0.25, -0.2) is 8.42 Å². The molecule has 1 aromatic rings. The van der Waals surface area contributed by atoms with Crippen LogP contribution >= 0.6 is 15.9 Å². The van der Waals surface area contributed by atoms with Crippen LogP contribution in [0.1, 0.15) is 18.9 Å². The van der Waals surface area contributed by atoms with Crippen molar-refractivity contribution >= 4 is 31.6 Å². The number of hydrogen-bond acceptors (Lipinski definition) is 3. The minimum Gasteiger partial charge on any atom is -0.281 e. The molecule has 0 spiro atoms. The van der Waals surface area contributed by atoms with E-state index in [1.807, 2.05) is 13.0 Å². The Morgan fingerprint density at radius 2 is 2.18 bits per heavy atom. The normalized spacial score (nSPS) is 12.8. The standard InChI is InChI=1S/C11H13BrN2O2S/c1-3-9(7-13)17(15,16)14-10-6-4-5-8(2)11(10)12/h4-6,9,14H,3H2,1-2H3. The quantitative estimate of drug-likeness (QED) is 0.928. The fourth-order valence-electron chi connectivity index (χ4n) is 1.33. The summed E-state index contributed by atoms with van der Waals surface area (Å²) in [5, 5.41) is 7.75. The average Bonchev–Trinajstić information content (AvgIpc) is 2.26. The van der Waals surface area contributed by atoms with Crippen molar-refractivity contribution in [3.8, 4) is 6.07 Å². The molecule has 17 heavy (non-hydrogen) atoms. The van der Waals surface area contributed by atoms with Gasteiger partial charge >= 0.3 is 0 Å². The van der Waals surface area contributed by atoms with E-state index < -0.39 is 15.3 Å². The molecule has 0 aliphatic rings. The van der Waals surface area contributed by atoms with E-state index in [1.165, 1.54) is 0 Å². The van der Waals surface area contributed by atoms with Gasteiger partial charge in [-0.3, -0.25) is 4.72 Å². The van der Waals surface area contributed by atoms with Gasteiger partial charge in [0.1, 0.15) is 0 Å². The van der Waals surface area contributed by atoms with Gasteiger partial charge in [0.15, 0.2) is 5.25 Å². The molecule has 0 aromatic heterocycles. The lowest BCUT2D eigenvalue weighted by Crippen LogP contribution is -2.26. The molecular weight excluding hydrogens is 304 g/mol. The van der Waals surface area contributed by atoms with Crippen molar-refractivity contribution in [1.82, 2.24) is 0 Å².